The van der Waals surface area contributed by atoms with Crippen LogP contribution < -0.4 is 0 Å². The van der Waals surface area contributed by atoms with Crippen LogP contribution in [0.4, 0.5) is 0 Å². The molecule has 0 saturated heterocycles. The summed E-state index contributed by atoms with van der Waals surface area (Å²) in [6, 6.07) is 5.51. The third kappa shape index (κ3) is 2.60. The van der Waals surface area contributed by atoms with Crippen molar-refractivity contribution in [2.24, 2.45) is 0 Å². The molecular formula is C14H14BrN3O2. The van der Waals surface area contributed by atoms with Crippen LogP contribution in [0.2, 0.25) is 0 Å². The summed E-state index contributed by atoms with van der Waals surface area (Å²) in [5.74, 6) is 0.722. The van der Waals surface area contributed by atoms with Gasteiger partial charge in [0.15, 0.2) is 11.5 Å². The van der Waals surface area contributed by atoms with Gasteiger partial charge in [-0.15, -0.1) is 0 Å². The number of ether oxygens (including phenoxy) is 1. The Morgan fingerprint density at radius 1 is 1.50 bits per heavy atom. The normalized spacial score (nSPS) is 14.3. The lowest BCUT2D eigenvalue weighted by molar-refractivity contribution is 0.0515. The van der Waals surface area contributed by atoms with Crippen LogP contribution in [-0.2, 0) is 4.74 Å². The Kier molecular flexibility index (Phi) is 3.56. The van der Waals surface area contributed by atoms with Gasteiger partial charge in [-0.3, -0.25) is 0 Å². The number of aromatic nitrogens is 3. The zero-order valence-electron chi connectivity index (χ0n) is 11.0. The Bertz CT molecular complexity index is 632. The van der Waals surface area contributed by atoms with E-state index in [0.29, 0.717) is 24.0 Å². The predicted molar refractivity (Wildman–Crippen MR) is 77.0 cm³/mol. The molecule has 0 aromatic carbocycles. The molecule has 2 heterocycles. The van der Waals surface area contributed by atoms with Crippen molar-refractivity contribution in [1.29, 1.82) is 0 Å². The molecule has 0 radical (unpaired) electrons. The number of carbonyl (C=O) groups is 1. The van der Waals surface area contributed by atoms with Crippen molar-refractivity contribution in [3.05, 3.63) is 40.3 Å². The van der Waals surface area contributed by atoms with E-state index in [1.165, 1.54) is 0 Å². The molecular weight excluding hydrogens is 322 g/mol. The van der Waals surface area contributed by atoms with Crippen molar-refractivity contribution in [3.63, 3.8) is 0 Å². The van der Waals surface area contributed by atoms with Crippen molar-refractivity contribution in [2.45, 2.75) is 25.7 Å². The molecule has 1 aliphatic carbocycles. The molecule has 0 spiro atoms. The number of rotatable bonds is 4. The van der Waals surface area contributed by atoms with E-state index in [1.54, 1.807) is 17.8 Å². The van der Waals surface area contributed by atoms with Crippen LogP contribution in [0.1, 0.15) is 41.9 Å². The summed E-state index contributed by atoms with van der Waals surface area (Å²) in [7, 11) is 0. The van der Waals surface area contributed by atoms with E-state index < -0.39 is 0 Å². The molecule has 1 aliphatic rings. The highest BCUT2D eigenvalue weighted by molar-refractivity contribution is 9.10. The highest BCUT2D eigenvalue weighted by Crippen LogP contribution is 2.39. The highest BCUT2D eigenvalue weighted by Gasteiger charge is 2.29. The molecule has 6 heteroatoms. The number of halogens is 1. The topological polar surface area (TPSA) is 57.0 Å². The molecule has 0 amide bonds. The average molecular weight is 336 g/mol. The van der Waals surface area contributed by atoms with E-state index >= 15 is 0 Å². The van der Waals surface area contributed by atoms with E-state index in [2.05, 4.69) is 26.0 Å². The fourth-order valence-electron chi connectivity index (χ4n) is 2.00. The first kappa shape index (κ1) is 13.3. The van der Waals surface area contributed by atoms with Gasteiger partial charge in [-0.2, -0.15) is 5.10 Å². The first-order valence-corrected chi connectivity index (χ1v) is 7.37. The second kappa shape index (κ2) is 5.36. The van der Waals surface area contributed by atoms with E-state index in [-0.39, 0.29) is 5.97 Å². The van der Waals surface area contributed by atoms with Gasteiger partial charge in [0, 0.05) is 16.6 Å². The number of nitrogens with zero attached hydrogens (tertiary/aromatic N) is 3. The summed E-state index contributed by atoms with van der Waals surface area (Å²) in [5.41, 5.74) is 1.38. The smallest absolute Gasteiger partial charge is 0.357 e. The molecule has 3 rings (SSSR count). The van der Waals surface area contributed by atoms with Crippen LogP contribution in [0.15, 0.2) is 28.9 Å². The third-order valence-electron chi connectivity index (χ3n) is 3.14. The van der Waals surface area contributed by atoms with Gasteiger partial charge < -0.3 is 4.74 Å². The molecule has 1 saturated carbocycles. The van der Waals surface area contributed by atoms with Crippen LogP contribution in [0, 0.1) is 0 Å². The number of hydrogen-bond donors (Lipinski definition) is 0. The van der Waals surface area contributed by atoms with E-state index in [1.807, 2.05) is 18.2 Å². The van der Waals surface area contributed by atoms with Crippen molar-refractivity contribution >= 4 is 21.9 Å². The minimum atomic E-state index is -0.364. The monoisotopic (exact) mass is 335 g/mol. The summed E-state index contributed by atoms with van der Waals surface area (Å²) < 4.78 is 7.54. The van der Waals surface area contributed by atoms with Crippen molar-refractivity contribution in [1.82, 2.24) is 14.8 Å². The summed E-state index contributed by atoms with van der Waals surface area (Å²) in [5, 5.41) is 4.51. The summed E-state index contributed by atoms with van der Waals surface area (Å²) in [4.78, 5) is 16.3. The van der Waals surface area contributed by atoms with E-state index in [9.17, 15) is 4.79 Å². The number of esters is 1. The first-order chi connectivity index (χ1) is 9.69. The summed E-state index contributed by atoms with van der Waals surface area (Å²) >= 11 is 3.34. The summed E-state index contributed by atoms with van der Waals surface area (Å²) in [6.45, 7) is 2.13. The van der Waals surface area contributed by atoms with Gasteiger partial charge in [-0.25, -0.2) is 14.5 Å². The number of carbonyl (C=O) groups excluding carboxylic acids is 1. The minimum Gasteiger partial charge on any atom is -0.461 e. The third-order valence-corrected chi connectivity index (χ3v) is 3.61. The van der Waals surface area contributed by atoms with Gasteiger partial charge in [0.1, 0.15) is 0 Å². The van der Waals surface area contributed by atoms with Crippen LogP contribution in [0.5, 0.6) is 0 Å². The number of hydrogen-bond acceptors (Lipinski definition) is 4. The molecule has 0 aliphatic heterocycles. The Morgan fingerprint density at radius 2 is 2.30 bits per heavy atom. The van der Waals surface area contributed by atoms with Crippen LogP contribution >= 0.6 is 15.9 Å². The largest absolute Gasteiger partial charge is 0.461 e. The maximum atomic E-state index is 12.0. The lowest BCUT2D eigenvalue weighted by Gasteiger charge is -2.05. The van der Waals surface area contributed by atoms with Crippen LogP contribution in [0.3, 0.4) is 0 Å². The van der Waals surface area contributed by atoms with Gasteiger partial charge in [-0.1, -0.05) is 0 Å². The second-order valence-corrected chi connectivity index (χ2v) is 5.61. The first-order valence-electron chi connectivity index (χ1n) is 6.58. The Balaban J connectivity index is 2.02. The SMILES string of the molecule is CCOC(=O)c1cc(C2CC2)nn1-c1ccc(Br)cn1. The maximum absolute atomic E-state index is 12.0. The minimum absolute atomic E-state index is 0.344. The molecule has 0 unspecified atom stereocenters. The lowest BCUT2D eigenvalue weighted by Crippen LogP contribution is -2.12. The molecule has 0 N–H and O–H groups in total. The zero-order chi connectivity index (χ0) is 14.1. The van der Waals surface area contributed by atoms with Crippen molar-refractivity contribution in [2.75, 3.05) is 6.61 Å². The highest BCUT2D eigenvalue weighted by atomic mass is 79.9. The molecule has 2 aromatic rings. The van der Waals surface area contributed by atoms with Crippen LogP contribution in [-0.4, -0.2) is 27.3 Å². The van der Waals surface area contributed by atoms with Gasteiger partial charge >= 0.3 is 5.97 Å². The summed E-state index contributed by atoms with van der Waals surface area (Å²) in [6.07, 6.45) is 3.95. The maximum Gasteiger partial charge on any atom is 0.357 e. The quantitative estimate of drug-likeness (QED) is 0.805. The Hall–Kier alpha value is -1.69. The van der Waals surface area contributed by atoms with Gasteiger partial charge in [-0.05, 0) is 53.9 Å². The molecule has 5 nitrogen and oxygen atoms in total. The van der Waals surface area contributed by atoms with E-state index in [4.69, 9.17) is 4.74 Å². The van der Waals surface area contributed by atoms with Crippen LogP contribution in [0.25, 0.3) is 5.82 Å². The van der Waals surface area contributed by atoms with Gasteiger partial charge in [0.05, 0.1) is 12.3 Å². The molecule has 104 valence electrons. The van der Waals surface area contributed by atoms with E-state index in [0.717, 1.165) is 23.0 Å². The molecule has 0 bridgehead atoms. The standard InChI is InChI=1S/C14H14BrN3O2/c1-2-20-14(19)12-7-11(9-3-4-9)17-18(12)13-6-5-10(15)8-16-13/h5-9H,2-4H2,1H3. The Morgan fingerprint density at radius 3 is 2.90 bits per heavy atom. The molecule has 1 fully saturated rings. The van der Waals surface area contributed by atoms with Crippen molar-refractivity contribution < 1.29 is 9.53 Å². The zero-order valence-corrected chi connectivity index (χ0v) is 12.6. The lowest BCUT2D eigenvalue weighted by atomic mass is 10.2. The fourth-order valence-corrected chi connectivity index (χ4v) is 2.23. The average Bonchev–Trinajstić information content (AvgIpc) is 3.19. The number of pyridine rings is 1. The predicted octanol–water partition coefficient (Wildman–Crippen LogP) is 3.08. The molecule has 2 aromatic heterocycles. The molecule has 20 heavy (non-hydrogen) atoms. The fraction of sp³-hybridized carbons (Fsp3) is 0.357. The van der Waals surface area contributed by atoms with Gasteiger partial charge in [0.2, 0.25) is 0 Å². The Labute approximate surface area is 125 Å². The van der Waals surface area contributed by atoms with Crippen molar-refractivity contribution in [3.8, 4) is 5.82 Å². The van der Waals surface area contributed by atoms with Gasteiger partial charge in [0.25, 0.3) is 0 Å². The molecule has 0 atom stereocenters. The second-order valence-electron chi connectivity index (χ2n) is 4.70.